The molecule has 2 aliphatic heterocycles. The minimum Gasteiger partial charge on any atom is -0.362 e. The number of hydrogen-bond donors (Lipinski definition) is 2. The average Bonchev–Trinajstić information content (AvgIpc) is 3.26. The van der Waals surface area contributed by atoms with Crippen LogP contribution in [0, 0.1) is 0 Å². The predicted octanol–water partition coefficient (Wildman–Crippen LogP) is 3.34. The van der Waals surface area contributed by atoms with E-state index in [4.69, 9.17) is 22.2 Å². The first-order chi connectivity index (χ1) is 13.7. The largest absolute Gasteiger partial charge is 0.362 e. The van der Waals surface area contributed by atoms with Crippen molar-refractivity contribution in [3.63, 3.8) is 0 Å². The molecule has 0 saturated carbocycles. The lowest BCUT2D eigenvalue weighted by atomic mass is 10.00. The summed E-state index contributed by atoms with van der Waals surface area (Å²) < 4.78 is 0. The third kappa shape index (κ3) is 4.35. The average molecular weight is 397 g/mol. The zero-order chi connectivity index (χ0) is 19.3. The molecule has 4 rings (SSSR count). The maximum absolute atomic E-state index is 5.40. The van der Waals surface area contributed by atoms with Crippen LogP contribution in [-0.2, 0) is 13.0 Å². The van der Waals surface area contributed by atoms with Crippen LogP contribution in [0.2, 0.25) is 0 Å². The van der Waals surface area contributed by atoms with E-state index in [0.29, 0.717) is 11.1 Å². The SMILES string of the molecule is CCCNC(=S)Nc1nc(N2CCCC2)cc(N2CCc3ccccc3C2)n1. The van der Waals surface area contributed by atoms with Crippen molar-refractivity contribution in [2.24, 2.45) is 0 Å². The van der Waals surface area contributed by atoms with Gasteiger partial charge in [-0.05, 0) is 49.0 Å². The number of aromatic nitrogens is 2. The molecule has 6 nitrogen and oxygen atoms in total. The number of nitrogens with one attached hydrogen (secondary N) is 2. The summed E-state index contributed by atoms with van der Waals surface area (Å²) in [7, 11) is 0. The van der Waals surface area contributed by atoms with Crippen molar-refractivity contribution in [3.8, 4) is 0 Å². The molecular weight excluding hydrogens is 368 g/mol. The number of benzene rings is 1. The fourth-order valence-corrected chi connectivity index (χ4v) is 4.02. The van der Waals surface area contributed by atoms with Crippen molar-refractivity contribution < 1.29 is 0 Å². The summed E-state index contributed by atoms with van der Waals surface area (Å²) in [6, 6.07) is 10.8. The first-order valence-electron chi connectivity index (χ1n) is 10.2. The van der Waals surface area contributed by atoms with Gasteiger partial charge in [-0.3, -0.25) is 0 Å². The summed E-state index contributed by atoms with van der Waals surface area (Å²) >= 11 is 5.40. The van der Waals surface area contributed by atoms with E-state index in [0.717, 1.165) is 57.2 Å². The highest BCUT2D eigenvalue weighted by molar-refractivity contribution is 7.80. The Morgan fingerprint density at radius 3 is 2.50 bits per heavy atom. The van der Waals surface area contributed by atoms with Crippen LogP contribution in [0.15, 0.2) is 30.3 Å². The molecule has 7 heteroatoms. The second-order valence-electron chi connectivity index (χ2n) is 7.42. The van der Waals surface area contributed by atoms with Crippen LogP contribution in [0.25, 0.3) is 0 Å². The Morgan fingerprint density at radius 2 is 1.75 bits per heavy atom. The van der Waals surface area contributed by atoms with Crippen LogP contribution in [0.4, 0.5) is 17.6 Å². The smallest absolute Gasteiger partial charge is 0.232 e. The molecule has 2 aliphatic rings. The normalized spacial score (nSPS) is 16.0. The maximum Gasteiger partial charge on any atom is 0.232 e. The van der Waals surface area contributed by atoms with E-state index in [1.165, 1.54) is 24.0 Å². The molecule has 1 aromatic carbocycles. The lowest BCUT2D eigenvalue weighted by molar-refractivity contribution is 0.719. The van der Waals surface area contributed by atoms with Crippen molar-refractivity contribution >= 4 is 34.9 Å². The summed E-state index contributed by atoms with van der Waals surface area (Å²) in [6.45, 7) is 6.91. The Balaban J connectivity index is 1.59. The minimum atomic E-state index is 0.576. The molecule has 0 amide bonds. The molecule has 1 fully saturated rings. The molecule has 0 bridgehead atoms. The summed E-state index contributed by atoms with van der Waals surface area (Å²) in [5, 5.41) is 6.96. The van der Waals surface area contributed by atoms with Gasteiger partial charge < -0.3 is 20.4 Å². The first-order valence-corrected chi connectivity index (χ1v) is 10.6. The highest BCUT2D eigenvalue weighted by atomic mass is 32.1. The van der Waals surface area contributed by atoms with Gasteiger partial charge in [0.05, 0.1) is 0 Å². The lowest BCUT2D eigenvalue weighted by Crippen LogP contribution is -2.33. The number of thiocarbonyl (C=S) groups is 1. The van der Waals surface area contributed by atoms with Gasteiger partial charge in [-0.15, -0.1) is 0 Å². The Labute approximate surface area is 172 Å². The van der Waals surface area contributed by atoms with Crippen LogP contribution in [0.5, 0.6) is 0 Å². The highest BCUT2D eigenvalue weighted by Gasteiger charge is 2.21. The third-order valence-electron chi connectivity index (χ3n) is 5.34. The van der Waals surface area contributed by atoms with Gasteiger partial charge in [0.1, 0.15) is 11.6 Å². The number of nitrogens with zero attached hydrogens (tertiary/aromatic N) is 4. The maximum atomic E-state index is 5.40. The van der Waals surface area contributed by atoms with E-state index >= 15 is 0 Å². The number of fused-ring (bicyclic) bond motifs is 1. The van der Waals surface area contributed by atoms with Gasteiger partial charge in [0.15, 0.2) is 5.11 Å². The first kappa shape index (κ1) is 18.9. The summed E-state index contributed by atoms with van der Waals surface area (Å²) in [4.78, 5) is 14.2. The van der Waals surface area contributed by atoms with E-state index in [1.807, 2.05) is 0 Å². The Hall–Kier alpha value is -2.41. The summed E-state index contributed by atoms with van der Waals surface area (Å²) in [5.74, 6) is 2.53. The molecule has 1 saturated heterocycles. The van der Waals surface area contributed by atoms with Gasteiger partial charge in [-0.25, -0.2) is 0 Å². The van der Waals surface area contributed by atoms with Crippen molar-refractivity contribution in [3.05, 3.63) is 41.5 Å². The van der Waals surface area contributed by atoms with Gasteiger partial charge >= 0.3 is 0 Å². The molecule has 2 N–H and O–H groups in total. The Kier molecular flexibility index (Phi) is 5.90. The van der Waals surface area contributed by atoms with Crippen molar-refractivity contribution in [2.75, 3.05) is 41.3 Å². The van der Waals surface area contributed by atoms with Crippen LogP contribution in [-0.4, -0.2) is 41.3 Å². The molecule has 148 valence electrons. The van der Waals surface area contributed by atoms with E-state index in [1.54, 1.807) is 0 Å². The van der Waals surface area contributed by atoms with Gasteiger partial charge in [-0.2, -0.15) is 9.97 Å². The van der Waals surface area contributed by atoms with Crippen LogP contribution in [0.1, 0.15) is 37.3 Å². The zero-order valence-corrected chi connectivity index (χ0v) is 17.3. The molecule has 3 heterocycles. The molecule has 28 heavy (non-hydrogen) atoms. The molecule has 0 unspecified atom stereocenters. The van der Waals surface area contributed by atoms with E-state index in [9.17, 15) is 0 Å². The van der Waals surface area contributed by atoms with Crippen molar-refractivity contribution in [1.82, 2.24) is 15.3 Å². The lowest BCUT2D eigenvalue weighted by Gasteiger charge is -2.30. The topological polar surface area (TPSA) is 56.3 Å². The van der Waals surface area contributed by atoms with Crippen molar-refractivity contribution in [2.45, 2.75) is 39.2 Å². The molecule has 1 aromatic heterocycles. The predicted molar refractivity (Wildman–Crippen MR) is 119 cm³/mol. The fraction of sp³-hybridized carbons (Fsp3) is 0.476. The van der Waals surface area contributed by atoms with Crippen LogP contribution in [0.3, 0.4) is 0 Å². The molecule has 0 atom stereocenters. The number of anilines is 3. The highest BCUT2D eigenvalue weighted by Crippen LogP contribution is 2.28. The molecule has 0 spiro atoms. The Bertz CT molecular complexity index is 833. The molecular formula is C21H28N6S. The summed E-state index contributed by atoms with van der Waals surface area (Å²) in [6.07, 6.45) is 4.50. The standard InChI is InChI=1S/C21H28N6S/c1-2-10-22-21(28)25-20-23-18(26-11-5-6-12-26)14-19(24-20)27-13-9-16-7-3-4-8-17(16)15-27/h3-4,7-8,14H,2,5-6,9-13,15H2,1H3,(H2,22,23,24,25,28). The fourth-order valence-electron chi connectivity index (χ4n) is 3.82. The number of hydrogen-bond acceptors (Lipinski definition) is 5. The molecule has 0 radical (unpaired) electrons. The van der Waals surface area contributed by atoms with Crippen molar-refractivity contribution in [1.29, 1.82) is 0 Å². The Morgan fingerprint density at radius 1 is 1.04 bits per heavy atom. The quantitative estimate of drug-likeness (QED) is 0.752. The zero-order valence-electron chi connectivity index (χ0n) is 16.4. The molecule has 2 aromatic rings. The van der Waals surface area contributed by atoms with Gasteiger partial charge in [-0.1, -0.05) is 31.2 Å². The van der Waals surface area contributed by atoms with E-state index in [2.05, 4.69) is 57.7 Å². The van der Waals surface area contributed by atoms with Gasteiger partial charge in [0.2, 0.25) is 5.95 Å². The second kappa shape index (κ2) is 8.73. The van der Waals surface area contributed by atoms with Crippen LogP contribution < -0.4 is 20.4 Å². The van der Waals surface area contributed by atoms with E-state index < -0.39 is 0 Å². The minimum absolute atomic E-state index is 0.576. The van der Waals surface area contributed by atoms with Gasteiger partial charge in [0, 0.05) is 38.8 Å². The summed E-state index contributed by atoms with van der Waals surface area (Å²) in [5.41, 5.74) is 2.82. The van der Waals surface area contributed by atoms with Gasteiger partial charge in [0.25, 0.3) is 0 Å². The van der Waals surface area contributed by atoms with E-state index in [-0.39, 0.29) is 0 Å². The monoisotopic (exact) mass is 396 g/mol. The molecule has 0 aliphatic carbocycles. The number of rotatable bonds is 5. The second-order valence-corrected chi connectivity index (χ2v) is 7.83. The third-order valence-corrected chi connectivity index (χ3v) is 5.59. The van der Waals surface area contributed by atoms with Crippen LogP contribution >= 0.6 is 12.2 Å².